The quantitative estimate of drug-likeness (QED) is 0.441. The van der Waals surface area contributed by atoms with Crippen molar-refractivity contribution < 1.29 is 21.9 Å². The van der Waals surface area contributed by atoms with E-state index in [9.17, 15) is 22.0 Å². The van der Waals surface area contributed by atoms with Gasteiger partial charge in [-0.3, -0.25) is 4.57 Å². The Morgan fingerprint density at radius 1 is 1.00 bits per heavy atom. The molecule has 0 aliphatic heterocycles. The summed E-state index contributed by atoms with van der Waals surface area (Å²) in [5.41, 5.74) is -0.612. The Morgan fingerprint density at radius 3 is 2.34 bits per heavy atom. The zero-order valence-electron chi connectivity index (χ0n) is 16.6. The van der Waals surface area contributed by atoms with Crippen molar-refractivity contribution in [2.75, 3.05) is 7.11 Å². The highest BCUT2D eigenvalue weighted by molar-refractivity contribution is 7.91. The van der Waals surface area contributed by atoms with Gasteiger partial charge < -0.3 is 4.74 Å². The summed E-state index contributed by atoms with van der Waals surface area (Å²) < 4.78 is 60.5. The Hall–Kier alpha value is -3.86. The first kappa shape index (κ1) is 21.4. The molecule has 2 aromatic heterocycles. The number of aromatic nitrogens is 4. The molecule has 2 aromatic carbocycles. The van der Waals surface area contributed by atoms with Crippen LogP contribution < -0.4 is 10.4 Å². The number of hydrogen-bond acceptors (Lipinski definition) is 6. The minimum Gasteiger partial charge on any atom is -0.481 e. The van der Waals surface area contributed by atoms with E-state index in [2.05, 4.69) is 10.1 Å². The third-order valence-electron chi connectivity index (χ3n) is 4.74. The Balaban J connectivity index is 1.63. The molecule has 0 saturated heterocycles. The van der Waals surface area contributed by atoms with Crippen molar-refractivity contribution in [2.24, 2.45) is 0 Å². The normalized spacial score (nSPS) is 11.5. The standard InChI is InChI=1S/C21H16F2N4O4S/c1-31-20-11-16(9-10-24-20)32(29,30)15-7-5-14(6-8-15)27-21(28)26(13-25-27)12-17-18(22)3-2-4-19(17)23/h2-11,13H,12H2,1H3. The van der Waals surface area contributed by atoms with E-state index in [0.29, 0.717) is 0 Å². The second-order valence-corrected chi connectivity index (χ2v) is 8.63. The minimum atomic E-state index is -3.84. The van der Waals surface area contributed by atoms with Crippen molar-refractivity contribution in [1.29, 1.82) is 0 Å². The van der Waals surface area contributed by atoms with E-state index >= 15 is 0 Å². The van der Waals surface area contributed by atoms with Crippen molar-refractivity contribution in [3.05, 3.63) is 94.8 Å². The topological polar surface area (TPSA) is 96.1 Å². The summed E-state index contributed by atoms with van der Waals surface area (Å²) in [6.45, 7) is -0.340. The maximum atomic E-state index is 13.9. The van der Waals surface area contributed by atoms with Crippen molar-refractivity contribution >= 4 is 9.84 Å². The molecule has 0 radical (unpaired) electrons. The lowest BCUT2D eigenvalue weighted by Crippen LogP contribution is -2.24. The average Bonchev–Trinajstić information content (AvgIpc) is 3.16. The lowest BCUT2D eigenvalue weighted by Gasteiger charge is -2.07. The van der Waals surface area contributed by atoms with Gasteiger partial charge in [0.15, 0.2) is 0 Å². The fourth-order valence-electron chi connectivity index (χ4n) is 3.05. The first-order valence-electron chi connectivity index (χ1n) is 9.24. The molecule has 0 unspecified atom stereocenters. The van der Waals surface area contributed by atoms with Crippen LogP contribution in [0.3, 0.4) is 0 Å². The summed E-state index contributed by atoms with van der Waals surface area (Å²) in [6.07, 6.45) is 2.48. The van der Waals surface area contributed by atoms with Crippen LogP contribution in [0.5, 0.6) is 5.88 Å². The van der Waals surface area contributed by atoms with Crippen LogP contribution in [0.4, 0.5) is 8.78 Å². The molecule has 0 N–H and O–H groups in total. The molecular formula is C21H16F2N4O4S. The van der Waals surface area contributed by atoms with Gasteiger partial charge in [-0.15, -0.1) is 0 Å². The molecule has 0 aliphatic carbocycles. The maximum absolute atomic E-state index is 13.9. The number of rotatable bonds is 6. The Labute approximate surface area is 181 Å². The molecule has 0 aliphatic rings. The molecule has 0 saturated carbocycles. The number of methoxy groups -OCH3 is 1. The number of benzene rings is 2. The fourth-order valence-corrected chi connectivity index (χ4v) is 4.31. The van der Waals surface area contributed by atoms with E-state index in [1.54, 1.807) is 0 Å². The van der Waals surface area contributed by atoms with E-state index in [4.69, 9.17) is 4.74 Å². The molecule has 4 aromatic rings. The van der Waals surface area contributed by atoms with Gasteiger partial charge in [0.25, 0.3) is 0 Å². The van der Waals surface area contributed by atoms with Crippen LogP contribution >= 0.6 is 0 Å². The first-order valence-corrected chi connectivity index (χ1v) is 10.7. The molecule has 0 bridgehead atoms. The first-order chi connectivity index (χ1) is 15.3. The fraction of sp³-hybridized carbons (Fsp3) is 0.0952. The van der Waals surface area contributed by atoms with Gasteiger partial charge >= 0.3 is 5.69 Å². The highest BCUT2D eigenvalue weighted by Gasteiger charge is 2.19. The Bertz CT molecular complexity index is 1430. The summed E-state index contributed by atoms with van der Waals surface area (Å²) >= 11 is 0. The third-order valence-corrected chi connectivity index (χ3v) is 6.51. The molecule has 4 rings (SSSR count). The predicted octanol–water partition coefficient (Wildman–Crippen LogP) is 2.60. The molecule has 8 nitrogen and oxygen atoms in total. The van der Waals surface area contributed by atoms with Crippen LogP contribution in [-0.2, 0) is 16.4 Å². The van der Waals surface area contributed by atoms with Crippen molar-refractivity contribution in [3.63, 3.8) is 0 Å². The van der Waals surface area contributed by atoms with Gasteiger partial charge in [-0.05, 0) is 42.5 Å². The summed E-state index contributed by atoms with van der Waals surface area (Å²) in [5.74, 6) is -1.38. The number of halogens is 2. The number of pyridine rings is 1. The summed E-state index contributed by atoms with van der Waals surface area (Å²) in [4.78, 5) is 16.5. The van der Waals surface area contributed by atoms with Gasteiger partial charge in [0.1, 0.15) is 18.0 Å². The molecule has 164 valence electrons. The molecule has 0 atom stereocenters. The van der Waals surface area contributed by atoms with Crippen LogP contribution in [-0.4, -0.2) is 34.9 Å². The molecule has 11 heteroatoms. The zero-order chi connectivity index (χ0) is 22.9. The molecule has 32 heavy (non-hydrogen) atoms. The van der Waals surface area contributed by atoms with Crippen LogP contribution in [0.25, 0.3) is 5.69 Å². The highest BCUT2D eigenvalue weighted by Crippen LogP contribution is 2.23. The summed E-state index contributed by atoms with van der Waals surface area (Å²) in [6, 6.07) is 11.6. The Morgan fingerprint density at radius 2 is 1.69 bits per heavy atom. The average molecular weight is 458 g/mol. The van der Waals surface area contributed by atoms with E-state index in [-0.39, 0.29) is 33.5 Å². The van der Waals surface area contributed by atoms with Gasteiger partial charge in [-0.1, -0.05) is 6.07 Å². The molecule has 2 heterocycles. The smallest absolute Gasteiger partial charge is 0.350 e. The van der Waals surface area contributed by atoms with Gasteiger partial charge in [0, 0.05) is 17.8 Å². The lowest BCUT2D eigenvalue weighted by molar-refractivity contribution is 0.396. The number of sulfone groups is 1. The molecule has 0 spiro atoms. The van der Waals surface area contributed by atoms with E-state index < -0.39 is 27.2 Å². The van der Waals surface area contributed by atoms with Crippen molar-refractivity contribution in [3.8, 4) is 11.6 Å². The van der Waals surface area contributed by atoms with Crippen LogP contribution in [0.15, 0.2) is 81.7 Å². The third kappa shape index (κ3) is 3.89. The van der Waals surface area contributed by atoms with E-state index in [1.807, 2.05) is 0 Å². The van der Waals surface area contributed by atoms with Gasteiger partial charge in [0.05, 0.1) is 29.1 Å². The minimum absolute atomic E-state index is 0.00425. The predicted molar refractivity (Wildman–Crippen MR) is 110 cm³/mol. The highest BCUT2D eigenvalue weighted by atomic mass is 32.2. The second-order valence-electron chi connectivity index (χ2n) is 6.68. The molecule has 0 fully saturated rings. The number of nitrogens with zero attached hydrogens (tertiary/aromatic N) is 4. The number of hydrogen-bond donors (Lipinski definition) is 0. The summed E-state index contributed by atoms with van der Waals surface area (Å²) in [7, 11) is -2.46. The summed E-state index contributed by atoms with van der Waals surface area (Å²) in [5, 5.41) is 3.96. The number of ether oxygens (including phenoxy) is 1. The molecular weight excluding hydrogens is 442 g/mol. The maximum Gasteiger partial charge on any atom is 0.350 e. The second kappa shape index (κ2) is 8.35. The Kier molecular flexibility index (Phi) is 5.57. The van der Waals surface area contributed by atoms with Gasteiger partial charge in [-0.2, -0.15) is 9.78 Å². The van der Waals surface area contributed by atoms with Crippen molar-refractivity contribution in [1.82, 2.24) is 19.3 Å². The molecule has 0 amide bonds. The van der Waals surface area contributed by atoms with Crippen LogP contribution in [0.2, 0.25) is 0 Å². The largest absolute Gasteiger partial charge is 0.481 e. The monoisotopic (exact) mass is 458 g/mol. The van der Waals surface area contributed by atoms with Crippen LogP contribution in [0, 0.1) is 11.6 Å². The SMILES string of the molecule is COc1cc(S(=O)(=O)c2ccc(-n3ncn(Cc4c(F)cccc4F)c3=O)cc2)ccn1. The van der Waals surface area contributed by atoms with Crippen LogP contribution in [0.1, 0.15) is 5.56 Å². The van der Waals surface area contributed by atoms with Crippen molar-refractivity contribution in [2.45, 2.75) is 16.3 Å². The van der Waals surface area contributed by atoms with Gasteiger partial charge in [-0.25, -0.2) is 27.0 Å². The van der Waals surface area contributed by atoms with E-state index in [0.717, 1.165) is 27.7 Å². The van der Waals surface area contributed by atoms with E-state index in [1.165, 1.54) is 55.8 Å². The lowest BCUT2D eigenvalue weighted by atomic mass is 10.2. The zero-order valence-corrected chi connectivity index (χ0v) is 17.5. The van der Waals surface area contributed by atoms with Gasteiger partial charge in [0.2, 0.25) is 15.7 Å².